The second kappa shape index (κ2) is 12.9. The summed E-state index contributed by atoms with van der Waals surface area (Å²) < 4.78 is 53.1. The van der Waals surface area contributed by atoms with E-state index in [0.717, 1.165) is 42.9 Å². The van der Waals surface area contributed by atoms with Gasteiger partial charge in [0.25, 0.3) is 0 Å². The number of hydrogen-bond donors (Lipinski definition) is 0. The Morgan fingerprint density at radius 2 is 0.886 bits per heavy atom. The van der Waals surface area contributed by atoms with Crippen LogP contribution in [0.25, 0.3) is 22.3 Å². The molecule has 0 aliphatic carbocycles. The van der Waals surface area contributed by atoms with Crippen LogP contribution in [0.4, 0.5) is 17.6 Å². The highest BCUT2D eigenvalue weighted by atomic mass is 127. The minimum atomic E-state index is -0.544. The summed E-state index contributed by atoms with van der Waals surface area (Å²) in [4.78, 5) is 0. The zero-order chi connectivity index (χ0) is 25.4. The van der Waals surface area contributed by atoms with Gasteiger partial charge in [-0.05, 0) is 93.1 Å². The van der Waals surface area contributed by atoms with E-state index in [1.54, 1.807) is 22.6 Å². The molecule has 0 heterocycles. The smallest absolute Gasteiger partial charge is 0.140 e. The van der Waals surface area contributed by atoms with E-state index in [2.05, 4.69) is 13.8 Å². The molecular weight excluding hydrogens is 563 g/mol. The van der Waals surface area contributed by atoms with Crippen molar-refractivity contribution in [3.8, 4) is 22.3 Å². The van der Waals surface area contributed by atoms with E-state index in [1.165, 1.54) is 35.4 Å². The molecule has 0 aliphatic rings. The van der Waals surface area contributed by atoms with E-state index >= 15 is 0 Å². The van der Waals surface area contributed by atoms with Crippen molar-refractivity contribution in [2.75, 3.05) is 0 Å². The maximum atomic E-state index is 13.5. The van der Waals surface area contributed by atoms with E-state index in [-0.39, 0.29) is 3.57 Å². The molecule has 0 unspecified atom stereocenters. The van der Waals surface area contributed by atoms with Crippen molar-refractivity contribution in [2.45, 2.75) is 39.5 Å². The maximum Gasteiger partial charge on any atom is 0.140 e. The zero-order valence-electron chi connectivity index (χ0n) is 19.7. The predicted molar refractivity (Wildman–Crippen MR) is 144 cm³/mol. The lowest BCUT2D eigenvalue weighted by Gasteiger charge is -2.06. The van der Waals surface area contributed by atoms with E-state index < -0.39 is 23.3 Å². The predicted octanol–water partition coefficient (Wildman–Crippen LogP) is 9.77. The quantitative estimate of drug-likeness (QED) is 0.119. The van der Waals surface area contributed by atoms with Crippen LogP contribution in [0, 0.1) is 26.8 Å². The van der Waals surface area contributed by atoms with Crippen molar-refractivity contribution in [3.05, 3.63) is 117 Å². The standard InChI is InChI=1S/C15H13F2I.C15H14F2/c1-2-3-10-4-6-11(7-5-10)12-8-13(16)15(18)14(17)9-12;1-2-3-11-4-6-12(7-5-11)13-8-14(16)10-15(17)9-13/h4-9H,2-3H2,1H3;4-10H,2-3H2,1H3. The van der Waals surface area contributed by atoms with Crippen molar-refractivity contribution in [2.24, 2.45) is 0 Å². The molecule has 0 saturated heterocycles. The van der Waals surface area contributed by atoms with Crippen molar-refractivity contribution in [3.63, 3.8) is 0 Å². The molecule has 0 nitrogen and oxygen atoms in total. The fraction of sp³-hybridized carbons (Fsp3) is 0.200. The summed E-state index contributed by atoms with van der Waals surface area (Å²) in [6.07, 6.45) is 4.23. The summed E-state index contributed by atoms with van der Waals surface area (Å²) in [5.74, 6) is -2.11. The molecule has 0 fully saturated rings. The molecule has 0 amide bonds. The fourth-order valence-corrected chi connectivity index (χ4v) is 4.06. The summed E-state index contributed by atoms with van der Waals surface area (Å²) in [6.45, 7) is 4.24. The average Bonchev–Trinajstić information content (AvgIpc) is 2.83. The van der Waals surface area contributed by atoms with Crippen LogP contribution in [0.15, 0.2) is 78.9 Å². The Bertz CT molecular complexity index is 1210. The van der Waals surface area contributed by atoms with Gasteiger partial charge >= 0.3 is 0 Å². The van der Waals surface area contributed by atoms with Crippen LogP contribution in [0.3, 0.4) is 0 Å². The van der Waals surface area contributed by atoms with Crippen LogP contribution in [0.5, 0.6) is 0 Å². The molecule has 0 aromatic heterocycles. The number of halogens is 5. The summed E-state index contributed by atoms with van der Waals surface area (Å²) >= 11 is 1.67. The molecule has 5 heteroatoms. The molecule has 0 saturated carbocycles. The third-order valence-electron chi connectivity index (χ3n) is 5.50. The Balaban J connectivity index is 0.000000196. The van der Waals surface area contributed by atoms with Gasteiger partial charge in [0.05, 0.1) is 3.57 Å². The SMILES string of the molecule is CCCc1ccc(-c2cc(F)c(I)c(F)c2)cc1.CCCc1ccc(-c2cc(F)cc(F)c2)cc1. The van der Waals surface area contributed by atoms with E-state index in [4.69, 9.17) is 0 Å². The highest BCUT2D eigenvalue weighted by Gasteiger charge is 2.09. The summed E-state index contributed by atoms with van der Waals surface area (Å²) in [5.41, 5.74) is 5.31. The third kappa shape index (κ3) is 7.66. The monoisotopic (exact) mass is 590 g/mol. The molecule has 0 atom stereocenters. The molecule has 4 aromatic rings. The van der Waals surface area contributed by atoms with Gasteiger partial charge in [0.15, 0.2) is 0 Å². The Morgan fingerprint density at radius 3 is 1.26 bits per heavy atom. The van der Waals surface area contributed by atoms with E-state index in [0.29, 0.717) is 11.1 Å². The second-order valence-corrected chi connectivity index (χ2v) is 9.38. The van der Waals surface area contributed by atoms with E-state index in [1.807, 2.05) is 48.5 Å². The minimum absolute atomic E-state index is 0.0407. The molecule has 182 valence electrons. The number of aryl methyl sites for hydroxylation is 2. The molecule has 4 aromatic carbocycles. The van der Waals surface area contributed by atoms with Crippen molar-refractivity contribution in [1.82, 2.24) is 0 Å². The zero-order valence-corrected chi connectivity index (χ0v) is 21.9. The number of rotatable bonds is 6. The van der Waals surface area contributed by atoms with Gasteiger partial charge in [-0.2, -0.15) is 0 Å². The molecule has 0 spiro atoms. The normalized spacial score (nSPS) is 10.6. The highest BCUT2D eigenvalue weighted by Crippen LogP contribution is 2.26. The minimum Gasteiger partial charge on any atom is -0.207 e. The van der Waals surface area contributed by atoms with Crippen LogP contribution in [0.2, 0.25) is 0 Å². The first-order chi connectivity index (χ1) is 16.8. The van der Waals surface area contributed by atoms with Crippen LogP contribution < -0.4 is 0 Å². The summed E-state index contributed by atoms with van der Waals surface area (Å²) in [6, 6.07) is 22.0. The first-order valence-electron chi connectivity index (χ1n) is 11.6. The average molecular weight is 590 g/mol. The number of benzene rings is 4. The molecular formula is C30H27F4I. The summed E-state index contributed by atoms with van der Waals surface area (Å²) in [5, 5.41) is 0. The lowest BCUT2D eigenvalue weighted by atomic mass is 10.0. The Kier molecular flexibility index (Phi) is 9.90. The molecule has 4 rings (SSSR count). The molecule has 0 N–H and O–H groups in total. The molecule has 35 heavy (non-hydrogen) atoms. The maximum absolute atomic E-state index is 13.5. The lowest BCUT2D eigenvalue weighted by molar-refractivity contribution is 0.571. The molecule has 0 radical (unpaired) electrons. The Hall–Kier alpha value is -2.67. The van der Waals surface area contributed by atoms with Gasteiger partial charge in [-0.3, -0.25) is 0 Å². The highest BCUT2D eigenvalue weighted by molar-refractivity contribution is 14.1. The van der Waals surface area contributed by atoms with Crippen LogP contribution >= 0.6 is 22.6 Å². The van der Waals surface area contributed by atoms with Gasteiger partial charge in [0.2, 0.25) is 0 Å². The van der Waals surface area contributed by atoms with Crippen molar-refractivity contribution < 1.29 is 17.6 Å². The summed E-state index contributed by atoms with van der Waals surface area (Å²) in [7, 11) is 0. The molecule has 0 bridgehead atoms. The lowest BCUT2D eigenvalue weighted by Crippen LogP contribution is -1.91. The van der Waals surface area contributed by atoms with Gasteiger partial charge in [0.1, 0.15) is 23.3 Å². The topological polar surface area (TPSA) is 0 Å². The van der Waals surface area contributed by atoms with Crippen LogP contribution in [0.1, 0.15) is 37.8 Å². The van der Waals surface area contributed by atoms with Gasteiger partial charge in [0, 0.05) is 6.07 Å². The first kappa shape index (κ1) is 26.9. The largest absolute Gasteiger partial charge is 0.207 e. The number of hydrogen-bond acceptors (Lipinski definition) is 0. The second-order valence-electron chi connectivity index (χ2n) is 8.31. The fourth-order valence-electron chi connectivity index (χ4n) is 3.75. The van der Waals surface area contributed by atoms with Gasteiger partial charge in [-0.15, -0.1) is 0 Å². The van der Waals surface area contributed by atoms with Crippen LogP contribution in [-0.4, -0.2) is 0 Å². The first-order valence-corrected chi connectivity index (χ1v) is 12.7. The van der Waals surface area contributed by atoms with Crippen molar-refractivity contribution >= 4 is 22.6 Å². The van der Waals surface area contributed by atoms with Crippen LogP contribution in [-0.2, 0) is 12.8 Å². The van der Waals surface area contributed by atoms with Gasteiger partial charge in [-0.25, -0.2) is 17.6 Å². The van der Waals surface area contributed by atoms with E-state index in [9.17, 15) is 17.6 Å². The Labute approximate surface area is 218 Å². The molecule has 0 aliphatic heterocycles. The van der Waals surface area contributed by atoms with Gasteiger partial charge < -0.3 is 0 Å². The Morgan fingerprint density at radius 1 is 0.514 bits per heavy atom. The van der Waals surface area contributed by atoms with Crippen molar-refractivity contribution in [1.29, 1.82) is 0 Å². The van der Waals surface area contributed by atoms with Gasteiger partial charge in [-0.1, -0.05) is 75.2 Å². The third-order valence-corrected chi connectivity index (χ3v) is 6.53.